The molecule has 1 aromatic heterocycles. The number of hydrogen-bond donors (Lipinski definition) is 1. The van der Waals surface area contributed by atoms with E-state index >= 15 is 0 Å². The first kappa shape index (κ1) is 18.7. The van der Waals surface area contributed by atoms with E-state index < -0.39 is 0 Å². The Bertz CT molecular complexity index is 449. The van der Waals surface area contributed by atoms with Gasteiger partial charge in [-0.2, -0.15) is 5.10 Å². The zero-order chi connectivity index (χ0) is 16.2. The Balaban J connectivity index is 3.06. The third-order valence-corrected chi connectivity index (χ3v) is 5.57. The Morgan fingerprint density at radius 3 is 2.24 bits per heavy atom. The second-order valence-electron chi connectivity index (χ2n) is 6.11. The van der Waals surface area contributed by atoms with Crippen LogP contribution in [0.2, 0.25) is 0 Å². The van der Waals surface area contributed by atoms with Gasteiger partial charge in [0.1, 0.15) is 0 Å². The van der Waals surface area contributed by atoms with Crippen LogP contribution in [0.1, 0.15) is 46.0 Å². The van der Waals surface area contributed by atoms with E-state index in [1.165, 1.54) is 5.69 Å². The largest absolute Gasteiger partial charge is 0.312 e. The summed E-state index contributed by atoms with van der Waals surface area (Å²) in [6, 6.07) is 0.383. The molecule has 0 amide bonds. The molecule has 0 aromatic carbocycles. The summed E-state index contributed by atoms with van der Waals surface area (Å²) in [5.41, 5.74) is 2.42. The van der Waals surface area contributed by atoms with Gasteiger partial charge in [-0.3, -0.25) is 9.58 Å². The molecule has 0 saturated carbocycles. The molecule has 0 aliphatic carbocycles. The fourth-order valence-electron chi connectivity index (χ4n) is 3.17. The molecule has 1 unspecified atom stereocenters. The predicted molar refractivity (Wildman–Crippen MR) is 93.8 cm³/mol. The molecule has 4 nitrogen and oxygen atoms in total. The Labute approximate surface area is 138 Å². The van der Waals surface area contributed by atoms with Gasteiger partial charge in [-0.1, -0.05) is 20.8 Å². The number of nitrogens with one attached hydrogen (secondary N) is 1. The van der Waals surface area contributed by atoms with Crippen molar-refractivity contribution in [3.05, 3.63) is 15.9 Å². The molecular formula is C16H31BrN4. The molecule has 1 N–H and O–H groups in total. The molecule has 1 atom stereocenters. The molecule has 0 fully saturated rings. The van der Waals surface area contributed by atoms with Gasteiger partial charge in [0.25, 0.3) is 0 Å². The minimum absolute atomic E-state index is 0.0944. The van der Waals surface area contributed by atoms with Crippen LogP contribution in [0, 0.1) is 6.92 Å². The van der Waals surface area contributed by atoms with Gasteiger partial charge in [0, 0.05) is 25.0 Å². The van der Waals surface area contributed by atoms with Crippen LogP contribution >= 0.6 is 15.9 Å². The number of aryl methyl sites for hydroxylation is 2. The van der Waals surface area contributed by atoms with Crippen LogP contribution in [0.15, 0.2) is 4.47 Å². The van der Waals surface area contributed by atoms with Gasteiger partial charge in [0.15, 0.2) is 0 Å². The van der Waals surface area contributed by atoms with Crippen molar-refractivity contribution in [1.82, 2.24) is 20.0 Å². The van der Waals surface area contributed by atoms with E-state index in [4.69, 9.17) is 0 Å². The summed E-state index contributed by atoms with van der Waals surface area (Å²) in [7, 11) is 2.03. The number of aromatic nitrogens is 2. The normalized spacial score (nSPS) is 14.0. The minimum Gasteiger partial charge on any atom is -0.312 e. The van der Waals surface area contributed by atoms with Crippen LogP contribution in [-0.2, 0) is 13.5 Å². The van der Waals surface area contributed by atoms with Crippen molar-refractivity contribution in [2.75, 3.05) is 19.6 Å². The molecular weight excluding hydrogens is 328 g/mol. The van der Waals surface area contributed by atoms with Crippen LogP contribution in [0.5, 0.6) is 0 Å². The standard InChI is InChI=1S/C16H31BrN4/c1-8-18-14(16(5,6)21(9-2)10-3)11-13-15(17)12(4)19-20(13)7/h14,18H,8-11H2,1-7H3. The van der Waals surface area contributed by atoms with E-state index in [0.717, 1.165) is 36.2 Å². The van der Waals surface area contributed by atoms with Crippen LogP contribution in [0.4, 0.5) is 0 Å². The first-order valence-corrected chi connectivity index (χ1v) is 8.75. The van der Waals surface area contributed by atoms with Crippen molar-refractivity contribution in [3.63, 3.8) is 0 Å². The van der Waals surface area contributed by atoms with Crippen molar-refractivity contribution >= 4 is 15.9 Å². The quantitative estimate of drug-likeness (QED) is 0.774. The Morgan fingerprint density at radius 1 is 1.29 bits per heavy atom. The molecule has 5 heteroatoms. The van der Waals surface area contributed by atoms with Crippen LogP contribution in [-0.4, -0.2) is 45.9 Å². The summed E-state index contributed by atoms with van der Waals surface area (Å²) in [5.74, 6) is 0. The van der Waals surface area contributed by atoms with Gasteiger partial charge in [0.2, 0.25) is 0 Å². The summed E-state index contributed by atoms with van der Waals surface area (Å²) in [5, 5.41) is 8.20. The zero-order valence-electron chi connectivity index (χ0n) is 14.6. The third-order valence-electron chi connectivity index (χ3n) is 4.54. The van der Waals surface area contributed by atoms with Crippen molar-refractivity contribution in [2.24, 2.45) is 7.05 Å². The summed E-state index contributed by atoms with van der Waals surface area (Å²) in [6.45, 7) is 16.5. The van der Waals surface area contributed by atoms with Crippen LogP contribution in [0.3, 0.4) is 0 Å². The second kappa shape index (κ2) is 7.75. The smallest absolute Gasteiger partial charge is 0.0738 e. The van der Waals surface area contributed by atoms with E-state index in [1.807, 2.05) is 18.7 Å². The molecule has 0 aliphatic heterocycles. The first-order valence-electron chi connectivity index (χ1n) is 7.95. The molecule has 21 heavy (non-hydrogen) atoms. The van der Waals surface area contributed by atoms with E-state index in [2.05, 4.69) is 65.9 Å². The predicted octanol–water partition coefficient (Wildman–Crippen LogP) is 3.13. The van der Waals surface area contributed by atoms with Gasteiger partial charge >= 0.3 is 0 Å². The van der Waals surface area contributed by atoms with Gasteiger partial charge in [-0.25, -0.2) is 0 Å². The molecule has 0 spiro atoms. The van der Waals surface area contributed by atoms with Crippen LogP contribution in [0.25, 0.3) is 0 Å². The number of likely N-dealkylation sites (N-methyl/N-ethyl adjacent to an activating group) is 2. The van der Waals surface area contributed by atoms with Crippen molar-refractivity contribution in [2.45, 2.75) is 59.5 Å². The highest BCUT2D eigenvalue weighted by molar-refractivity contribution is 9.10. The lowest BCUT2D eigenvalue weighted by atomic mass is 9.88. The van der Waals surface area contributed by atoms with Gasteiger partial charge in [0.05, 0.1) is 15.9 Å². The Hall–Kier alpha value is -0.390. The fraction of sp³-hybridized carbons (Fsp3) is 0.812. The molecule has 0 saturated heterocycles. The van der Waals surface area contributed by atoms with Gasteiger partial charge < -0.3 is 5.32 Å². The summed E-state index contributed by atoms with van der Waals surface area (Å²) >= 11 is 3.69. The number of rotatable bonds is 8. The van der Waals surface area contributed by atoms with E-state index in [1.54, 1.807) is 0 Å². The molecule has 1 rings (SSSR count). The number of hydrogen-bond acceptors (Lipinski definition) is 3. The molecule has 0 aliphatic rings. The highest BCUT2D eigenvalue weighted by Crippen LogP contribution is 2.26. The summed E-state index contributed by atoms with van der Waals surface area (Å²) < 4.78 is 3.14. The highest BCUT2D eigenvalue weighted by Gasteiger charge is 2.34. The fourth-order valence-corrected chi connectivity index (χ4v) is 3.67. The number of nitrogens with zero attached hydrogens (tertiary/aromatic N) is 3. The summed E-state index contributed by atoms with van der Waals surface area (Å²) in [6.07, 6.45) is 0.968. The van der Waals surface area contributed by atoms with Crippen molar-refractivity contribution < 1.29 is 0 Å². The average molecular weight is 359 g/mol. The monoisotopic (exact) mass is 358 g/mol. The van der Waals surface area contributed by atoms with E-state index in [9.17, 15) is 0 Å². The van der Waals surface area contributed by atoms with Gasteiger partial charge in [-0.15, -0.1) is 0 Å². The minimum atomic E-state index is 0.0944. The molecule has 0 radical (unpaired) electrons. The maximum absolute atomic E-state index is 4.52. The molecule has 122 valence electrons. The SMILES string of the molecule is CCNC(Cc1c(Br)c(C)nn1C)C(C)(C)N(CC)CC. The lowest BCUT2D eigenvalue weighted by molar-refractivity contribution is 0.0910. The molecule has 1 aromatic rings. The van der Waals surface area contributed by atoms with Crippen molar-refractivity contribution in [1.29, 1.82) is 0 Å². The highest BCUT2D eigenvalue weighted by atomic mass is 79.9. The molecule has 1 heterocycles. The lowest BCUT2D eigenvalue weighted by Gasteiger charge is -2.44. The third kappa shape index (κ3) is 4.08. The first-order chi connectivity index (χ1) is 9.79. The summed E-state index contributed by atoms with van der Waals surface area (Å²) in [4.78, 5) is 2.53. The maximum Gasteiger partial charge on any atom is 0.0738 e. The molecule has 0 bridgehead atoms. The lowest BCUT2D eigenvalue weighted by Crippen LogP contribution is -2.58. The van der Waals surface area contributed by atoms with Crippen LogP contribution < -0.4 is 5.32 Å². The Kier molecular flexibility index (Phi) is 6.88. The maximum atomic E-state index is 4.52. The van der Waals surface area contributed by atoms with E-state index in [0.29, 0.717) is 6.04 Å². The van der Waals surface area contributed by atoms with Crippen molar-refractivity contribution in [3.8, 4) is 0 Å². The zero-order valence-corrected chi connectivity index (χ0v) is 16.2. The number of halogens is 1. The second-order valence-corrected chi connectivity index (χ2v) is 6.90. The topological polar surface area (TPSA) is 33.1 Å². The van der Waals surface area contributed by atoms with Gasteiger partial charge in [-0.05, 0) is 56.3 Å². The van der Waals surface area contributed by atoms with E-state index in [-0.39, 0.29) is 5.54 Å². The average Bonchev–Trinajstić information content (AvgIpc) is 2.65. The Morgan fingerprint density at radius 2 is 1.86 bits per heavy atom.